The normalized spacial score (nSPS) is 15.5. The number of esters is 2. The summed E-state index contributed by atoms with van der Waals surface area (Å²) in [5.74, 6) is -0.474. The van der Waals surface area contributed by atoms with Crippen LogP contribution in [0.4, 0.5) is 0 Å². The highest BCUT2D eigenvalue weighted by Crippen LogP contribution is 2.23. The van der Waals surface area contributed by atoms with Gasteiger partial charge in [0.15, 0.2) is 0 Å². The predicted octanol–water partition coefficient (Wildman–Crippen LogP) is 2.27. The molecule has 0 bridgehead atoms. The van der Waals surface area contributed by atoms with Crippen molar-refractivity contribution in [3.63, 3.8) is 0 Å². The summed E-state index contributed by atoms with van der Waals surface area (Å²) in [5.41, 5.74) is 6.52. The number of nitrogens with two attached hydrogens (primary N) is 1. The molecule has 192 valence electrons. The smallest absolute Gasteiger partial charge is 0.362 e. The van der Waals surface area contributed by atoms with Crippen LogP contribution in [0.5, 0.6) is 5.75 Å². The summed E-state index contributed by atoms with van der Waals surface area (Å²) >= 11 is 0. The first kappa shape index (κ1) is 25.8. The van der Waals surface area contributed by atoms with Gasteiger partial charge in [-0.05, 0) is 74.7 Å². The number of sulfonamides is 1. The molecule has 0 unspecified atom stereocenters. The van der Waals surface area contributed by atoms with Crippen molar-refractivity contribution in [2.24, 2.45) is 11.7 Å². The number of aromatic amines is 1. The molecule has 0 radical (unpaired) electrons. The molecule has 1 aliphatic rings. The van der Waals surface area contributed by atoms with E-state index in [1.165, 1.54) is 12.1 Å². The second-order valence-electron chi connectivity index (χ2n) is 8.77. The first-order valence-electron chi connectivity index (χ1n) is 11.8. The van der Waals surface area contributed by atoms with E-state index in [1.54, 1.807) is 30.3 Å². The summed E-state index contributed by atoms with van der Waals surface area (Å²) in [6.45, 7) is 2.73. The predicted molar refractivity (Wildman–Crippen MR) is 134 cm³/mol. The molecular formula is C25H30N4O6S. The molecule has 1 saturated heterocycles. The van der Waals surface area contributed by atoms with E-state index < -0.39 is 34.5 Å². The van der Waals surface area contributed by atoms with Crippen LogP contribution >= 0.6 is 0 Å². The van der Waals surface area contributed by atoms with Crippen molar-refractivity contribution >= 4 is 32.9 Å². The van der Waals surface area contributed by atoms with Crippen molar-refractivity contribution in [1.82, 2.24) is 15.0 Å². The molecule has 3 aromatic rings. The average molecular weight is 515 g/mol. The van der Waals surface area contributed by atoms with Crippen molar-refractivity contribution in [3.8, 4) is 5.75 Å². The summed E-state index contributed by atoms with van der Waals surface area (Å²) in [6.07, 6.45) is 1.54. The van der Waals surface area contributed by atoms with Gasteiger partial charge in [-0.1, -0.05) is 18.2 Å². The Balaban J connectivity index is 1.29. The third kappa shape index (κ3) is 6.91. The molecule has 2 heterocycles. The standard InChI is InChI=1S/C25H30N4O6S/c26-23(29-36(32,33)20-4-2-1-3-5-20)16-24(30)35-25(31)22-15-18-14-19(6-7-21(18)28-22)34-13-10-17-8-11-27-12-9-17/h1-7,14-15,17,23,27-29H,8-13,16,26H2/t23-/m0/s1. The van der Waals surface area contributed by atoms with E-state index >= 15 is 0 Å². The van der Waals surface area contributed by atoms with Crippen LogP contribution in [0.15, 0.2) is 59.5 Å². The summed E-state index contributed by atoms with van der Waals surface area (Å²) < 4.78 is 37.6. The van der Waals surface area contributed by atoms with Crippen LogP contribution in [0.3, 0.4) is 0 Å². The number of hydrogen-bond acceptors (Lipinski definition) is 8. The Bertz CT molecular complexity index is 1300. The van der Waals surface area contributed by atoms with Crippen molar-refractivity contribution in [3.05, 3.63) is 60.3 Å². The molecule has 1 aromatic heterocycles. The van der Waals surface area contributed by atoms with Gasteiger partial charge in [0.05, 0.1) is 24.1 Å². The second-order valence-corrected chi connectivity index (χ2v) is 10.5. The maximum Gasteiger partial charge on any atom is 0.362 e. The van der Waals surface area contributed by atoms with Crippen LogP contribution < -0.4 is 20.5 Å². The number of hydrogen-bond donors (Lipinski definition) is 4. The SMILES string of the molecule is N[C@H](CC(=O)OC(=O)c1cc2cc(OCCC3CCNCC3)ccc2[nH]1)NS(=O)(=O)c1ccccc1. The van der Waals surface area contributed by atoms with Crippen molar-refractivity contribution < 1.29 is 27.5 Å². The quantitative estimate of drug-likeness (QED) is 0.183. The van der Waals surface area contributed by atoms with E-state index in [0.29, 0.717) is 23.8 Å². The number of benzene rings is 2. The topological polar surface area (TPSA) is 153 Å². The summed E-state index contributed by atoms with van der Waals surface area (Å²) in [5, 5.41) is 4.09. The fraction of sp³-hybridized carbons (Fsp3) is 0.360. The molecule has 0 aliphatic carbocycles. The van der Waals surface area contributed by atoms with Gasteiger partial charge in [-0.2, -0.15) is 4.72 Å². The molecule has 0 saturated carbocycles. The highest BCUT2D eigenvalue weighted by Gasteiger charge is 2.22. The Morgan fingerprint density at radius 2 is 1.83 bits per heavy atom. The van der Waals surface area contributed by atoms with Crippen molar-refractivity contribution in [2.45, 2.75) is 36.7 Å². The molecule has 5 N–H and O–H groups in total. The van der Waals surface area contributed by atoms with E-state index in [4.69, 9.17) is 15.2 Å². The van der Waals surface area contributed by atoms with Gasteiger partial charge in [-0.25, -0.2) is 13.2 Å². The van der Waals surface area contributed by atoms with Crippen LogP contribution in [0.2, 0.25) is 0 Å². The van der Waals surface area contributed by atoms with Crippen molar-refractivity contribution in [1.29, 1.82) is 0 Å². The number of nitrogens with one attached hydrogen (secondary N) is 3. The average Bonchev–Trinajstić information content (AvgIpc) is 3.28. The Labute approximate surface area is 209 Å². The maximum absolute atomic E-state index is 12.5. The Kier molecular flexibility index (Phi) is 8.36. The van der Waals surface area contributed by atoms with E-state index in [1.807, 2.05) is 12.1 Å². The lowest BCUT2D eigenvalue weighted by Crippen LogP contribution is -2.43. The van der Waals surface area contributed by atoms with Gasteiger partial charge in [0.2, 0.25) is 10.0 Å². The van der Waals surface area contributed by atoms with Crippen LogP contribution in [0.25, 0.3) is 10.9 Å². The summed E-state index contributed by atoms with van der Waals surface area (Å²) in [4.78, 5) is 27.6. The molecule has 1 fully saturated rings. The molecule has 11 heteroatoms. The monoisotopic (exact) mass is 514 g/mol. The number of ether oxygens (including phenoxy) is 2. The van der Waals surface area contributed by atoms with E-state index in [0.717, 1.165) is 37.7 Å². The molecule has 36 heavy (non-hydrogen) atoms. The third-order valence-corrected chi connectivity index (χ3v) is 7.52. The molecule has 1 aliphatic heterocycles. The molecule has 2 aromatic carbocycles. The lowest BCUT2D eigenvalue weighted by Gasteiger charge is -2.22. The fourth-order valence-electron chi connectivity index (χ4n) is 4.11. The summed E-state index contributed by atoms with van der Waals surface area (Å²) in [7, 11) is -3.91. The number of carbonyl (C=O) groups is 2. The Morgan fingerprint density at radius 3 is 2.58 bits per heavy atom. The molecule has 10 nitrogen and oxygen atoms in total. The van der Waals surface area contributed by atoms with Crippen LogP contribution in [-0.2, 0) is 19.6 Å². The van der Waals surface area contributed by atoms with Gasteiger partial charge in [-0.3, -0.25) is 4.79 Å². The largest absolute Gasteiger partial charge is 0.494 e. The number of aromatic nitrogens is 1. The molecular weight excluding hydrogens is 484 g/mol. The van der Waals surface area contributed by atoms with E-state index in [9.17, 15) is 18.0 Å². The van der Waals surface area contributed by atoms with Crippen LogP contribution in [-0.4, -0.2) is 51.2 Å². The Morgan fingerprint density at radius 1 is 1.08 bits per heavy atom. The molecule has 1 atom stereocenters. The first-order chi connectivity index (χ1) is 17.3. The summed E-state index contributed by atoms with van der Waals surface area (Å²) in [6, 6.07) is 14.6. The lowest BCUT2D eigenvalue weighted by molar-refractivity contribution is -0.138. The zero-order chi connectivity index (χ0) is 25.5. The zero-order valence-corrected chi connectivity index (χ0v) is 20.6. The number of H-pyrrole nitrogens is 1. The number of piperidine rings is 1. The number of rotatable bonds is 10. The minimum atomic E-state index is -3.91. The Hall–Kier alpha value is -3.25. The van der Waals surface area contributed by atoms with Crippen molar-refractivity contribution in [2.75, 3.05) is 19.7 Å². The van der Waals surface area contributed by atoms with Gasteiger partial charge in [0.1, 0.15) is 11.4 Å². The minimum absolute atomic E-state index is 0.0117. The van der Waals surface area contributed by atoms with Gasteiger partial charge in [0, 0.05) is 10.9 Å². The molecule has 4 rings (SSSR count). The van der Waals surface area contributed by atoms with Crippen LogP contribution in [0, 0.1) is 5.92 Å². The highest BCUT2D eigenvalue weighted by atomic mass is 32.2. The van der Waals surface area contributed by atoms with Gasteiger partial charge in [-0.15, -0.1) is 0 Å². The first-order valence-corrected chi connectivity index (χ1v) is 13.3. The highest BCUT2D eigenvalue weighted by molar-refractivity contribution is 7.89. The fourth-order valence-corrected chi connectivity index (χ4v) is 5.25. The molecule has 0 spiro atoms. The van der Waals surface area contributed by atoms with E-state index in [-0.39, 0.29) is 10.6 Å². The van der Waals surface area contributed by atoms with Gasteiger partial charge < -0.3 is 25.5 Å². The number of fused-ring (bicyclic) bond motifs is 1. The second kappa shape index (κ2) is 11.7. The minimum Gasteiger partial charge on any atom is -0.494 e. The lowest BCUT2D eigenvalue weighted by atomic mass is 9.95. The van der Waals surface area contributed by atoms with Gasteiger partial charge >= 0.3 is 11.9 Å². The molecule has 0 amide bonds. The third-order valence-electron chi connectivity index (χ3n) is 6.02. The maximum atomic E-state index is 12.5. The zero-order valence-electron chi connectivity index (χ0n) is 19.7. The van der Waals surface area contributed by atoms with Crippen LogP contribution in [0.1, 0.15) is 36.2 Å². The number of carbonyl (C=O) groups excluding carboxylic acids is 2. The van der Waals surface area contributed by atoms with Gasteiger partial charge in [0.25, 0.3) is 0 Å². The van der Waals surface area contributed by atoms with E-state index in [2.05, 4.69) is 15.0 Å².